The van der Waals surface area contributed by atoms with Gasteiger partial charge in [0.15, 0.2) is 0 Å². The van der Waals surface area contributed by atoms with Crippen molar-refractivity contribution in [2.45, 2.75) is 19.8 Å². The number of rotatable bonds is 7. The number of carbonyl (C=O) groups excluding carboxylic acids is 1. The van der Waals surface area contributed by atoms with Gasteiger partial charge in [-0.2, -0.15) is 0 Å². The third-order valence-corrected chi connectivity index (χ3v) is 3.50. The molecule has 3 N–H and O–H groups in total. The number of nitrogens with zero attached hydrogens (tertiary/aromatic N) is 1. The molecule has 0 aliphatic heterocycles. The SMILES string of the molecule is Cc1c(NC(=O)CCCOc2ccccc2N)cccc1[N+](=O)[O-]. The van der Waals surface area contributed by atoms with Crippen molar-refractivity contribution in [3.05, 3.63) is 58.1 Å². The summed E-state index contributed by atoms with van der Waals surface area (Å²) in [6.07, 6.45) is 0.753. The standard InChI is InChI=1S/C17H19N3O4/c1-12-14(7-4-8-15(12)20(22)23)19-17(21)10-5-11-24-16-9-3-2-6-13(16)18/h2-4,6-9H,5,10-11,18H2,1H3,(H,19,21). The van der Waals surface area contributed by atoms with Crippen molar-refractivity contribution in [2.75, 3.05) is 17.7 Å². The molecule has 2 aromatic carbocycles. The molecular formula is C17H19N3O4. The van der Waals surface area contributed by atoms with Crippen molar-refractivity contribution in [1.29, 1.82) is 0 Å². The summed E-state index contributed by atoms with van der Waals surface area (Å²) in [5.41, 5.74) is 7.17. The first-order valence-corrected chi connectivity index (χ1v) is 7.50. The zero-order valence-electron chi connectivity index (χ0n) is 13.3. The van der Waals surface area contributed by atoms with Crippen LogP contribution in [0.1, 0.15) is 18.4 Å². The first-order valence-electron chi connectivity index (χ1n) is 7.50. The second-order valence-electron chi connectivity index (χ2n) is 5.24. The molecule has 0 saturated heterocycles. The van der Waals surface area contributed by atoms with Gasteiger partial charge in [-0.3, -0.25) is 14.9 Å². The average molecular weight is 329 g/mol. The summed E-state index contributed by atoms with van der Waals surface area (Å²) in [5.74, 6) is 0.371. The molecule has 0 heterocycles. The third kappa shape index (κ3) is 4.45. The predicted molar refractivity (Wildman–Crippen MR) is 92.0 cm³/mol. The highest BCUT2D eigenvalue weighted by Gasteiger charge is 2.14. The Morgan fingerprint density at radius 2 is 2.00 bits per heavy atom. The molecule has 0 aromatic heterocycles. The molecule has 0 radical (unpaired) electrons. The lowest BCUT2D eigenvalue weighted by Gasteiger charge is -2.10. The van der Waals surface area contributed by atoms with E-state index in [0.717, 1.165) is 0 Å². The molecule has 0 fully saturated rings. The third-order valence-electron chi connectivity index (χ3n) is 3.50. The largest absolute Gasteiger partial charge is 0.491 e. The van der Waals surface area contributed by atoms with Crippen molar-refractivity contribution < 1.29 is 14.5 Å². The fraction of sp³-hybridized carbons (Fsp3) is 0.235. The summed E-state index contributed by atoms with van der Waals surface area (Å²) in [6, 6.07) is 11.7. The van der Waals surface area contributed by atoms with Gasteiger partial charge in [-0.15, -0.1) is 0 Å². The highest BCUT2D eigenvalue weighted by Crippen LogP contribution is 2.25. The lowest BCUT2D eigenvalue weighted by Crippen LogP contribution is -2.14. The minimum absolute atomic E-state index is 0.0179. The topological polar surface area (TPSA) is 107 Å². The van der Waals surface area contributed by atoms with Crippen LogP contribution < -0.4 is 15.8 Å². The maximum Gasteiger partial charge on any atom is 0.274 e. The predicted octanol–water partition coefficient (Wildman–Crippen LogP) is 3.28. The number of benzene rings is 2. The number of amides is 1. The van der Waals surface area contributed by atoms with Crippen LogP contribution in [0, 0.1) is 17.0 Å². The molecule has 126 valence electrons. The second kappa shape index (κ2) is 7.96. The summed E-state index contributed by atoms with van der Waals surface area (Å²) >= 11 is 0. The van der Waals surface area contributed by atoms with Gasteiger partial charge < -0.3 is 15.8 Å². The van der Waals surface area contributed by atoms with Gasteiger partial charge >= 0.3 is 0 Å². The van der Waals surface area contributed by atoms with Crippen molar-refractivity contribution >= 4 is 23.0 Å². The van der Waals surface area contributed by atoms with E-state index < -0.39 is 4.92 Å². The Kier molecular flexibility index (Phi) is 5.73. The first-order chi connectivity index (χ1) is 11.5. The van der Waals surface area contributed by atoms with Crippen LogP contribution in [-0.2, 0) is 4.79 Å². The monoisotopic (exact) mass is 329 g/mol. The molecule has 0 spiro atoms. The van der Waals surface area contributed by atoms with Crippen LogP contribution in [-0.4, -0.2) is 17.4 Å². The minimum atomic E-state index is -0.469. The molecule has 2 rings (SSSR count). The van der Waals surface area contributed by atoms with E-state index in [1.807, 2.05) is 12.1 Å². The van der Waals surface area contributed by atoms with Crippen LogP contribution in [0.3, 0.4) is 0 Å². The van der Waals surface area contributed by atoms with E-state index in [1.165, 1.54) is 6.07 Å². The van der Waals surface area contributed by atoms with Gasteiger partial charge in [0.05, 0.1) is 28.5 Å². The highest BCUT2D eigenvalue weighted by molar-refractivity contribution is 5.92. The smallest absolute Gasteiger partial charge is 0.274 e. The maximum atomic E-state index is 12.0. The molecule has 7 nitrogen and oxygen atoms in total. The number of nitro groups is 1. The van der Waals surface area contributed by atoms with E-state index in [2.05, 4.69) is 5.32 Å². The molecule has 0 aliphatic carbocycles. The number of anilines is 2. The Bertz CT molecular complexity index is 746. The fourth-order valence-corrected chi connectivity index (χ4v) is 2.20. The van der Waals surface area contributed by atoms with E-state index >= 15 is 0 Å². The molecule has 0 unspecified atom stereocenters. The lowest BCUT2D eigenvalue weighted by atomic mass is 10.1. The van der Waals surface area contributed by atoms with Crippen molar-refractivity contribution in [3.63, 3.8) is 0 Å². The molecule has 0 aliphatic rings. The van der Waals surface area contributed by atoms with Crippen LogP contribution in [0.5, 0.6) is 5.75 Å². The number of hydrogen-bond donors (Lipinski definition) is 2. The summed E-state index contributed by atoms with van der Waals surface area (Å²) in [7, 11) is 0. The summed E-state index contributed by atoms with van der Waals surface area (Å²) in [4.78, 5) is 22.4. The number of para-hydroxylation sites is 2. The van der Waals surface area contributed by atoms with Crippen LogP contribution in [0.2, 0.25) is 0 Å². The van der Waals surface area contributed by atoms with E-state index in [0.29, 0.717) is 35.7 Å². The van der Waals surface area contributed by atoms with Gasteiger partial charge in [0.2, 0.25) is 5.91 Å². The zero-order chi connectivity index (χ0) is 17.5. The van der Waals surface area contributed by atoms with Crippen molar-refractivity contribution in [2.24, 2.45) is 0 Å². The molecule has 2 aromatic rings. The van der Waals surface area contributed by atoms with Gasteiger partial charge in [0, 0.05) is 12.5 Å². The number of nitro benzene ring substituents is 1. The normalized spacial score (nSPS) is 10.2. The van der Waals surface area contributed by atoms with Gasteiger partial charge in [-0.25, -0.2) is 0 Å². The number of hydrogen-bond acceptors (Lipinski definition) is 5. The van der Waals surface area contributed by atoms with Crippen LogP contribution in [0.4, 0.5) is 17.1 Å². The summed E-state index contributed by atoms with van der Waals surface area (Å²) < 4.78 is 5.52. The lowest BCUT2D eigenvalue weighted by molar-refractivity contribution is -0.385. The van der Waals surface area contributed by atoms with Crippen LogP contribution in [0.25, 0.3) is 0 Å². The molecule has 0 atom stereocenters. The maximum absolute atomic E-state index is 12.0. The molecule has 0 saturated carbocycles. The number of ether oxygens (including phenoxy) is 1. The summed E-state index contributed by atoms with van der Waals surface area (Å²) in [6.45, 7) is 1.96. The molecule has 24 heavy (non-hydrogen) atoms. The average Bonchev–Trinajstić information content (AvgIpc) is 2.55. The number of carbonyl (C=O) groups is 1. The Morgan fingerprint density at radius 1 is 1.25 bits per heavy atom. The van der Waals surface area contributed by atoms with Gasteiger partial charge in [0.1, 0.15) is 5.75 Å². The van der Waals surface area contributed by atoms with Gasteiger partial charge in [-0.05, 0) is 31.5 Å². The molecule has 1 amide bonds. The number of nitrogens with two attached hydrogens (primary N) is 1. The number of nitrogens with one attached hydrogen (secondary N) is 1. The molecule has 0 bridgehead atoms. The Balaban J connectivity index is 1.83. The molecule has 7 heteroatoms. The minimum Gasteiger partial charge on any atom is -0.491 e. The Hall–Kier alpha value is -3.09. The number of nitrogen functional groups attached to an aromatic ring is 1. The Labute approximate surface area is 139 Å². The van der Waals surface area contributed by atoms with E-state index in [1.54, 1.807) is 31.2 Å². The van der Waals surface area contributed by atoms with Gasteiger partial charge in [-0.1, -0.05) is 18.2 Å². The van der Waals surface area contributed by atoms with Crippen molar-refractivity contribution in [1.82, 2.24) is 0 Å². The van der Waals surface area contributed by atoms with Gasteiger partial charge in [0.25, 0.3) is 5.69 Å². The van der Waals surface area contributed by atoms with E-state index in [9.17, 15) is 14.9 Å². The van der Waals surface area contributed by atoms with E-state index in [4.69, 9.17) is 10.5 Å². The Morgan fingerprint density at radius 3 is 2.71 bits per heavy atom. The highest BCUT2D eigenvalue weighted by atomic mass is 16.6. The summed E-state index contributed by atoms with van der Waals surface area (Å²) in [5, 5.41) is 13.6. The zero-order valence-corrected chi connectivity index (χ0v) is 13.3. The fourth-order valence-electron chi connectivity index (χ4n) is 2.20. The van der Waals surface area contributed by atoms with E-state index in [-0.39, 0.29) is 18.0 Å². The first kappa shape index (κ1) is 17.3. The van der Waals surface area contributed by atoms with Crippen LogP contribution >= 0.6 is 0 Å². The molecular weight excluding hydrogens is 310 g/mol. The van der Waals surface area contributed by atoms with Crippen molar-refractivity contribution in [3.8, 4) is 5.75 Å². The second-order valence-corrected chi connectivity index (χ2v) is 5.24. The van der Waals surface area contributed by atoms with Crippen LogP contribution in [0.15, 0.2) is 42.5 Å². The quantitative estimate of drug-likeness (QED) is 0.351.